The number of para-hydroxylation sites is 2. The Bertz CT molecular complexity index is 747. The van der Waals surface area contributed by atoms with Crippen molar-refractivity contribution in [1.82, 2.24) is 14.9 Å². The van der Waals surface area contributed by atoms with Crippen LogP contribution >= 0.6 is 0 Å². The number of carbonyl (C=O) groups is 1. The first-order valence-corrected chi connectivity index (χ1v) is 8.61. The van der Waals surface area contributed by atoms with Crippen molar-refractivity contribution in [3.63, 3.8) is 0 Å². The number of ether oxygens (including phenoxy) is 2. The van der Waals surface area contributed by atoms with Gasteiger partial charge in [-0.3, -0.25) is 0 Å². The van der Waals surface area contributed by atoms with E-state index in [1.807, 2.05) is 37.3 Å². The van der Waals surface area contributed by atoms with Crippen LogP contribution in [-0.4, -0.2) is 60.9 Å². The van der Waals surface area contributed by atoms with Crippen molar-refractivity contribution in [3.05, 3.63) is 36.5 Å². The third-order valence-corrected chi connectivity index (χ3v) is 4.12. The highest BCUT2D eigenvalue weighted by Crippen LogP contribution is 2.26. The molecular formula is C18H23N5O3. The number of amides is 1. The number of rotatable bonds is 5. The third-order valence-electron chi connectivity index (χ3n) is 4.12. The van der Waals surface area contributed by atoms with Crippen LogP contribution in [0.15, 0.2) is 36.5 Å². The number of benzene rings is 1. The van der Waals surface area contributed by atoms with Gasteiger partial charge in [-0.2, -0.15) is 4.98 Å². The number of nitrogens with zero attached hydrogens (tertiary/aromatic N) is 4. The number of piperazine rings is 1. The van der Waals surface area contributed by atoms with Crippen LogP contribution in [0, 0.1) is 0 Å². The highest BCUT2D eigenvalue weighted by Gasteiger charge is 2.22. The molecule has 138 valence electrons. The average Bonchev–Trinajstić information content (AvgIpc) is 2.69. The van der Waals surface area contributed by atoms with Crippen LogP contribution in [0.25, 0.3) is 0 Å². The van der Waals surface area contributed by atoms with Crippen LogP contribution in [0.3, 0.4) is 0 Å². The van der Waals surface area contributed by atoms with E-state index in [-0.39, 0.29) is 6.09 Å². The minimum Gasteiger partial charge on any atom is -0.495 e. The lowest BCUT2D eigenvalue weighted by Gasteiger charge is -2.34. The Morgan fingerprint density at radius 3 is 2.69 bits per heavy atom. The van der Waals surface area contributed by atoms with Crippen molar-refractivity contribution in [2.75, 3.05) is 50.1 Å². The van der Waals surface area contributed by atoms with Crippen molar-refractivity contribution in [3.8, 4) is 5.75 Å². The molecule has 1 amide bonds. The highest BCUT2D eigenvalue weighted by atomic mass is 16.6. The summed E-state index contributed by atoms with van der Waals surface area (Å²) < 4.78 is 10.4. The van der Waals surface area contributed by atoms with E-state index < -0.39 is 0 Å². The van der Waals surface area contributed by atoms with Crippen LogP contribution < -0.4 is 15.0 Å². The monoisotopic (exact) mass is 357 g/mol. The predicted octanol–water partition coefficient (Wildman–Crippen LogP) is 2.51. The molecule has 0 unspecified atom stereocenters. The SMILES string of the molecule is CCOC(=O)N1CCN(c2ccnc(Nc3ccccc3OC)n2)CC1. The van der Waals surface area contributed by atoms with Crippen LogP contribution in [0.5, 0.6) is 5.75 Å². The van der Waals surface area contributed by atoms with Gasteiger partial charge in [-0.05, 0) is 25.1 Å². The largest absolute Gasteiger partial charge is 0.495 e. The second-order valence-corrected chi connectivity index (χ2v) is 5.74. The molecule has 1 aliphatic heterocycles. The summed E-state index contributed by atoms with van der Waals surface area (Å²) in [6.07, 6.45) is 1.46. The van der Waals surface area contributed by atoms with Crippen molar-refractivity contribution in [1.29, 1.82) is 0 Å². The fraction of sp³-hybridized carbons (Fsp3) is 0.389. The van der Waals surface area contributed by atoms with E-state index in [1.165, 1.54) is 0 Å². The van der Waals surface area contributed by atoms with Crippen molar-refractivity contribution in [2.45, 2.75) is 6.92 Å². The van der Waals surface area contributed by atoms with Gasteiger partial charge in [0.25, 0.3) is 0 Å². The molecule has 2 aromatic rings. The maximum atomic E-state index is 11.8. The van der Waals surface area contributed by atoms with Gasteiger partial charge in [-0.15, -0.1) is 0 Å². The summed E-state index contributed by atoms with van der Waals surface area (Å²) >= 11 is 0. The summed E-state index contributed by atoms with van der Waals surface area (Å²) in [7, 11) is 1.63. The Labute approximate surface area is 152 Å². The summed E-state index contributed by atoms with van der Waals surface area (Å²) in [4.78, 5) is 24.5. The van der Waals surface area contributed by atoms with E-state index >= 15 is 0 Å². The number of hydrogen-bond acceptors (Lipinski definition) is 7. The number of aromatic nitrogens is 2. The van der Waals surface area contributed by atoms with E-state index in [9.17, 15) is 4.79 Å². The molecule has 2 heterocycles. The van der Waals surface area contributed by atoms with Gasteiger partial charge < -0.3 is 24.6 Å². The molecule has 1 saturated heterocycles. The number of nitrogens with one attached hydrogen (secondary N) is 1. The van der Waals surface area contributed by atoms with Crippen LogP contribution in [0.4, 0.5) is 22.2 Å². The van der Waals surface area contributed by atoms with E-state index in [1.54, 1.807) is 18.2 Å². The molecule has 1 N–H and O–H groups in total. The standard InChI is InChI=1S/C18H23N5O3/c1-3-26-18(24)23-12-10-22(11-13-23)16-8-9-19-17(21-16)20-14-6-4-5-7-15(14)25-2/h4-9H,3,10-13H2,1-2H3,(H,19,20,21). The number of hydrogen-bond donors (Lipinski definition) is 1. The van der Waals surface area contributed by atoms with Gasteiger partial charge in [-0.1, -0.05) is 12.1 Å². The van der Waals surface area contributed by atoms with Gasteiger partial charge in [0.1, 0.15) is 11.6 Å². The molecule has 0 aliphatic carbocycles. The van der Waals surface area contributed by atoms with Gasteiger partial charge in [-0.25, -0.2) is 9.78 Å². The molecular weight excluding hydrogens is 334 g/mol. The van der Waals surface area contributed by atoms with Crippen LogP contribution in [-0.2, 0) is 4.74 Å². The zero-order valence-electron chi connectivity index (χ0n) is 15.0. The molecule has 26 heavy (non-hydrogen) atoms. The minimum absolute atomic E-state index is 0.256. The van der Waals surface area contributed by atoms with Gasteiger partial charge in [0.2, 0.25) is 5.95 Å². The maximum Gasteiger partial charge on any atom is 0.409 e. The lowest BCUT2D eigenvalue weighted by Crippen LogP contribution is -2.49. The second kappa shape index (κ2) is 8.37. The summed E-state index contributed by atoms with van der Waals surface area (Å²) in [5, 5.41) is 3.19. The highest BCUT2D eigenvalue weighted by molar-refractivity contribution is 5.68. The molecule has 0 bridgehead atoms. The van der Waals surface area contributed by atoms with Gasteiger partial charge >= 0.3 is 6.09 Å². The molecule has 1 fully saturated rings. The normalized spacial score (nSPS) is 14.1. The summed E-state index contributed by atoms with van der Waals surface area (Å²) in [6, 6.07) is 9.48. The van der Waals surface area contributed by atoms with E-state index in [0.29, 0.717) is 38.7 Å². The first-order chi connectivity index (χ1) is 12.7. The van der Waals surface area contributed by atoms with Crippen molar-refractivity contribution in [2.24, 2.45) is 0 Å². The average molecular weight is 357 g/mol. The maximum absolute atomic E-state index is 11.8. The third kappa shape index (κ3) is 4.14. The van der Waals surface area contributed by atoms with Crippen LogP contribution in [0.2, 0.25) is 0 Å². The zero-order valence-corrected chi connectivity index (χ0v) is 15.0. The summed E-state index contributed by atoms with van der Waals surface area (Å²) in [5.41, 5.74) is 0.805. The molecule has 0 saturated carbocycles. The molecule has 1 aliphatic rings. The molecule has 1 aromatic heterocycles. The van der Waals surface area contributed by atoms with Gasteiger partial charge in [0.15, 0.2) is 0 Å². The Kier molecular flexibility index (Phi) is 5.73. The van der Waals surface area contributed by atoms with Crippen LogP contribution in [0.1, 0.15) is 6.92 Å². The second-order valence-electron chi connectivity index (χ2n) is 5.74. The van der Waals surface area contributed by atoms with E-state index in [2.05, 4.69) is 20.2 Å². The van der Waals surface area contributed by atoms with Crippen molar-refractivity contribution >= 4 is 23.5 Å². The summed E-state index contributed by atoms with van der Waals surface area (Å²) in [6.45, 7) is 4.82. The Hall–Kier alpha value is -3.03. The molecule has 0 atom stereocenters. The number of carbonyl (C=O) groups excluding carboxylic acids is 1. The van der Waals surface area contributed by atoms with Gasteiger partial charge in [0.05, 0.1) is 19.4 Å². The predicted molar refractivity (Wildman–Crippen MR) is 99.1 cm³/mol. The number of methoxy groups -OCH3 is 1. The summed E-state index contributed by atoms with van der Waals surface area (Å²) in [5.74, 6) is 2.05. The quantitative estimate of drug-likeness (QED) is 0.880. The molecule has 0 radical (unpaired) electrons. The molecule has 3 rings (SSSR count). The Morgan fingerprint density at radius 2 is 1.96 bits per heavy atom. The van der Waals surface area contributed by atoms with Gasteiger partial charge in [0, 0.05) is 32.4 Å². The van der Waals surface area contributed by atoms with E-state index in [0.717, 1.165) is 17.3 Å². The van der Waals surface area contributed by atoms with Crippen molar-refractivity contribution < 1.29 is 14.3 Å². The Balaban J connectivity index is 1.66. The lowest BCUT2D eigenvalue weighted by molar-refractivity contribution is 0.105. The topological polar surface area (TPSA) is 79.8 Å². The molecule has 1 aromatic carbocycles. The lowest BCUT2D eigenvalue weighted by atomic mass is 10.3. The number of anilines is 3. The molecule has 8 nitrogen and oxygen atoms in total. The fourth-order valence-electron chi connectivity index (χ4n) is 2.79. The zero-order chi connectivity index (χ0) is 18.4. The van der Waals surface area contributed by atoms with E-state index in [4.69, 9.17) is 9.47 Å². The minimum atomic E-state index is -0.256. The first kappa shape index (κ1) is 17.8. The fourth-order valence-corrected chi connectivity index (χ4v) is 2.79. The smallest absolute Gasteiger partial charge is 0.409 e. The molecule has 0 spiro atoms. The Morgan fingerprint density at radius 1 is 1.19 bits per heavy atom. The molecule has 8 heteroatoms. The first-order valence-electron chi connectivity index (χ1n) is 8.61.